The first kappa shape index (κ1) is 14.3. The van der Waals surface area contributed by atoms with Crippen LogP contribution in [0.2, 0.25) is 0 Å². The first-order valence-electron chi connectivity index (χ1n) is 8.11. The highest BCUT2D eigenvalue weighted by molar-refractivity contribution is 5.92. The summed E-state index contributed by atoms with van der Waals surface area (Å²) in [6.07, 6.45) is 8.06. The van der Waals surface area contributed by atoms with Crippen molar-refractivity contribution in [2.75, 3.05) is 11.9 Å². The van der Waals surface area contributed by atoms with E-state index in [0.29, 0.717) is 12.6 Å². The largest absolute Gasteiger partial charge is 0.371 e. The van der Waals surface area contributed by atoms with Gasteiger partial charge in [-0.3, -0.25) is 4.98 Å². The second-order valence-corrected chi connectivity index (χ2v) is 6.11. The Bertz CT molecular complexity index is 600. The summed E-state index contributed by atoms with van der Waals surface area (Å²) in [6.45, 7) is 0.496. The molecule has 0 spiro atoms. The molecule has 0 amide bonds. The second kappa shape index (κ2) is 6.44. The third kappa shape index (κ3) is 3.03. The summed E-state index contributed by atoms with van der Waals surface area (Å²) in [7, 11) is 2.23. The maximum absolute atomic E-state index is 5.83. The number of aromatic nitrogens is 1. The van der Waals surface area contributed by atoms with Crippen molar-refractivity contribution in [2.24, 2.45) is 5.73 Å². The number of anilines is 1. The zero-order valence-electron chi connectivity index (χ0n) is 12.9. The van der Waals surface area contributed by atoms with Crippen molar-refractivity contribution in [1.82, 2.24) is 4.98 Å². The Balaban J connectivity index is 2.01. The van der Waals surface area contributed by atoms with Crippen molar-refractivity contribution < 1.29 is 0 Å². The van der Waals surface area contributed by atoms with Crippen molar-refractivity contribution in [1.29, 1.82) is 0 Å². The van der Waals surface area contributed by atoms with Crippen molar-refractivity contribution in [3.63, 3.8) is 0 Å². The van der Waals surface area contributed by atoms with Crippen LogP contribution in [0.4, 0.5) is 5.69 Å². The van der Waals surface area contributed by atoms with Gasteiger partial charge in [0.15, 0.2) is 0 Å². The lowest BCUT2D eigenvalue weighted by Gasteiger charge is -2.30. The highest BCUT2D eigenvalue weighted by atomic mass is 15.1. The third-order valence-electron chi connectivity index (χ3n) is 4.71. The number of fused-ring (bicyclic) bond motifs is 1. The predicted octanol–water partition coefficient (Wildman–Crippen LogP) is 3.85. The molecule has 1 aliphatic rings. The summed E-state index contributed by atoms with van der Waals surface area (Å²) in [5.41, 5.74) is 9.15. The van der Waals surface area contributed by atoms with E-state index in [1.165, 1.54) is 49.6 Å². The molecular weight excluding hydrogens is 258 g/mol. The molecule has 21 heavy (non-hydrogen) atoms. The number of para-hydroxylation sites is 1. The monoisotopic (exact) mass is 283 g/mol. The number of nitrogens with two attached hydrogens (primary N) is 1. The molecule has 3 nitrogen and oxygen atoms in total. The van der Waals surface area contributed by atoms with E-state index >= 15 is 0 Å². The molecule has 1 aromatic heterocycles. The van der Waals surface area contributed by atoms with Crippen LogP contribution in [0, 0.1) is 0 Å². The van der Waals surface area contributed by atoms with E-state index in [-0.39, 0.29) is 0 Å². The highest BCUT2D eigenvalue weighted by Gasteiger charge is 2.19. The molecule has 0 radical (unpaired) electrons. The molecule has 0 atom stereocenters. The number of rotatable bonds is 3. The standard InChI is InChI=1S/C18H25N3/c1-21(15-8-4-2-3-5-9-15)18-12-14(13-19)20-17-11-7-6-10-16(17)18/h6-7,10-12,15H,2-5,8-9,13,19H2,1H3. The fraction of sp³-hybridized carbons (Fsp3) is 0.500. The van der Waals surface area contributed by atoms with Gasteiger partial charge < -0.3 is 10.6 Å². The van der Waals surface area contributed by atoms with Gasteiger partial charge in [0.05, 0.1) is 11.2 Å². The van der Waals surface area contributed by atoms with Crippen LogP contribution in [0.5, 0.6) is 0 Å². The first-order valence-corrected chi connectivity index (χ1v) is 8.11. The van der Waals surface area contributed by atoms with Gasteiger partial charge in [-0.25, -0.2) is 0 Å². The topological polar surface area (TPSA) is 42.1 Å². The average Bonchev–Trinajstić information content (AvgIpc) is 2.82. The van der Waals surface area contributed by atoms with E-state index in [0.717, 1.165) is 11.2 Å². The molecule has 0 aliphatic heterocycles. The number of hydrogen-bond acceptors (Lipinski definition) is 3. The van der Waals surface area contributed by atoms with Gasteiger partial charge in [-0.15, -0.1) is 0 Å². The molecule has 0 saturated heterocycles. The zero-order valence-corrected chi connectivity index (χ0v) is 12.9. The minimum Gasteiger partial charge on any atom is -0.371 e. The van der Waals surface area contributed by atoms with Gasteiger partial charge in [-0.05, 0) is 25.0 Å². The van der Waals surface area contributed by atoms with Crippen LogP contribution in [0.15, 0.2) is 30.3 Å². The van der Waals surface area contributed by atoms with Crippen molar-refractivity contribution in [3.8, 4) is 0 Å². The zero-order chi connectivity index (χ0) is 14.7. The lowest BCUT2D eigenvalue weighted by atomic mass is 10.0. The Morgan fingerprint density at radius 2 is 1.86 bits per heavy atom. The van der Waals surface area contributed by atoms with Crippen LogP contribution in [-0.4, -0.2) is 18.1 Å². The SMILES string of the molecule is CN(c1cc(CN)nc2ccccc12)C1CCCCCC1. The maximum Gasteiger partial charge on any atom is 0.0726 e. The van der Waals surface area contributed by atoms with Crippen LogP contribution in [-0.2, 0) is 6.54 Å². The number of pyridine rings is 1. The summed E-state index contributed by atoms with van der Waals surface area (Å²) in [5.74, 6) is 0. The fourth-order valence-electron chi connectivity index (χ4n) is 3.45. The molecular formula is C18H25N3. The minimum absolute atomic E-state index is 0.496. The predicted molar refractivity (Wildman–Crippen MR) is 89.5 cm³/mol. The smallest absolute Gasteiger partial charge is 0.0726 e. The Labute approximate surface area is 127 Å². The molecule has 1 aliphatic carbocycles. The third-order valence-corrected chi connectivity index (χ3v) is 4.71. The van der Waals surface area contributed by atoms with Gasteiger partial charge in [0, 0.05) is 30.7 Å². The fourth-order valence-corrected chi connectivity index (χ4v) is 3.45. The van der Waals surface area contributed by atoms with Crippen LogP contribution in [0.25, 0.3) is 10.9 Å². The number of nitrogens with zero attached hydrogens (tertiary/aromatic N) is 2. The molecule has 1 aromatic carbocycles. The summed E-state index contributed by atoms with van der Waals surface area (Å²) >= 11 is 0. The van der Waals surface area contributed by atoms with E-state index in [9.17, 15) is 0 Å². The number of benzene rings is 1. The summed E-state index contributed by atoms with van der Waals surface area (Å²) in [4.78, 5) is 7.12. The molecule has 0 bridgehead atoms. The lowest BCUT2D eigenvalue weighted by Crippen LogP contribution is -2.31. The quantitative estimate of drug-likeness (QED) is 0.870. The van der Waals surface area contributed by atoms with Gasteiger partial charge in [-0.2, -0.15) is 0 Å². The molecule has 1 heterocycles. The van der Waals surface area contributed by atoms with Crippen LogP contribution < -0.4 is 10.6 Å². The summed E-state index contributed by atoms with van der Waals surface area (Å²) in [6, 6.07) is 11.2. The minimum atomic E-state index is 0.496. The molecule has 2 aromatic rings. The van der Waals surface area contributed by atoms with Gasteiger partial charge in [0.2, 0.25) is 0 Å². The Kier molecular flexibility index (Phi) is 4.39. The van der Waals surface area contributed by atoms with Crippen molar-refractivity contribution in [3.05, 3.63) is 36.0 Å². The van der Waals surface area contributed by atoms with Crippen LogP contribution in [0.3, 0.4) is 0 Å². The highest BCUT2D eigenvalue weighted by Crippen LogP contribution is 2.31. The van der Waals surface area contributed by atoms with Crippen molar-refractivity contribution in [2.45, 2.75) is 51.1 Å². The molecule has 0 unspecified atom stereocenters. The van der Waals surface area contributed by atoms with Gasteiger partial charge in [-0.1, -0.05) is 43.9 Å². The van der Waals surface area contributed by atoms with Gasteiger partial charge >= 0.3 is 0 Å². The normalized spacial score (nSPS) is 16.9. The number of hydrogen-bond donors (Lipinski definition) is 1. The molecule has 3 heteroatoms. The van der Waals surface area contributed by atoms with E-state index in [4.69, 9.17) is 5.73 Å². The summed E-state index contributed by atoms with van der Waals surface area (Å²) < 4.78 is 0. The van der Waals surface area contributed by atoms with Crippen LogP contribution in [0.1, 0.15) is 44.2 Å². The maximum atomic E-state index is 5.83. The van der Waals surface area contributed by atoms with Crippen molar-refractivity contribution >= 4 is 16.6 Å². The second-order valence-electron chi connectivity index (χ2n) is 6.11. The first-order chi connectivity index (χ1) is 10.3. The van der Waals surface area contributed by atoms with E-state index in [1.54, 1.807) is 0 Å². The lowest BCUT2D eigenvalue weighted by molar-refractivity contribution is 0.554. The Morgan fingerprint density at radius 1 is 1.14 bits per heavy atom. The van der Waals surface area contributed by atoms with Gasteiger partial charge in [0.25, 0.3) is 0 Å². The van der Waals surface area contributed by atoms with E-state index in [1.807, 2.05) is 6.07 Å². The summed E-state index contributed by atoms with van der Waals surface area (Å²) in [5, 5.41) is 1.24. The Morgan fingerprint density at radius 3 is 2.57 bits per heavy atom. The van der Waals surface area contributed by atoms with E-state index in [2.05, 4.69) is 41.2 Å². The Hall–Kier alpha value is -1.61. The molecule has 112 valence electrons. The molecule has 1 saturated carbocycles. The van der Waals surface area contributed by atoms with E-state index < -0.39 is 0 Å². The van der Waals surface area contributed by atoms with Crippen LogP contribution >= 0.6 is 0 Å². The molecule has 1 fully saturated rings. The molecule has 2 N–H and O–H groups in total. The van der Waals surface area contributed by atoms with Gasteiger partial charge in [0.1, 0.15) is 0 Å². The molecule has 3 rings (SSSR count). The average molecular weight is 283 g/mol.